The Morgan fingerprint density at radius 3 is 2.29 bits per heavy atom. The highest BCUT2D eigenvalue weighted by Crippen LogP contribution is 2.50. The molecule has 1 amide bonds. The molecule has 0 aromatic heterocycles. The monoisotopic (exact) mass is 317 g/mol. The van der Waals surface area contributed by atoms with E-state index >= 15 is 0 Å². The van der Waals surface area contributed by atoms with Gasteiger partial charge in [0.15, 0.2) is 0 Å². The summed E-state index contributed by atoms with van der Waals surface area (Å²) in [7, 11) is -4.32. The van der Waals surface area contributed by atoms with Crippen molar-refractivity contribution in [3.05, 3.63) is 23.5 Å². The molecule has 0 spiro atoms. The van der Waals surface area contributed by atoms with Gasteiger partial charge in [0, 0.05) is 11.9 Å². The highest BCUT2D eigenvalue weighted by Gasteiger charge is 2.39. The number of allylic oxidation sites excluding steroid dienone is 3. The van der Waals surface area contributed by atoms with Gasteiger partial charge < -0.3 is 14.5 Å². The summed E-state index contributed by atoms with van der Waals surface area (Å²) in [6.07, 6.45) is 2.27. The first-order valence-electron chi connectivity index (χ1n) is 7.04. The quantitative estimate of drug-likeness (QED) is 0.778. The summed E-state index contributed by atoms with van der Waals surface area (Å²) in [5.41, 5.74) is 0.216. The predicted octanol–water partition coefficient (Wildman–Crippen LogP) is 3.08. The summed E-state index contributed by atoms with van der Waals surface area (Å²) in [6, 6.07) is 0. The van der Waals surface area contributed by atoms with Gasteiger partial charge in [-0.15, -0.1) is 0 Å². The Bertz CT molecular complexity index is 503. The van der Waals surface area contributed by atoms with Crippen LogP contribution in [0.15, 0.2) is 23.5 Å². The van der Waals surface area contributed by atoms with Gasteiger partial charge in [0.25, 0.3) is 0 Å². The Balaban J connectivity index is 3.42. The molecule has 1 unspecified atom stereocenters. The van der Waals surface area contributed by atoms with Crippen LogP contribution < -0.4 is 0 Å². The molecule has 0 aromatic carbocycles. The number of carbonyl (C=O) groups excluding carboxylic acids is 1. The van der Waals surface area contributed by atoms with Gasteiger partial charge in [-0.1, -0.05) is 27.7 Å². The van der Waals surface area contributed by atoms with Crippen molar-refractivity contribution in [2.75, 3.05) is 6.61 Å². The highest BCUT2D eigenvalue weighted by molar-refractivity contribution is 7.53. The molecule has 1 atom stereocenters. The van der Waals surface area contributed by atoms with Crippen LogP contribution in [0, 0.1) is 11.8 Å². The van der Waals surface area contributed by atoms with Gasteiger partial charge in [-0.2, -0.15) is 0 Å². The first-order valence-corrected chi connectivity index (χ1v) is 8.72. The topological polar surface area (TPSA) is 87.1 Å². The standard InChI is InChI=1S/C14H24NO5P/c1-6-20-14(16)15-8-7-11(21(17,18)19)12(9(2)3)13(15)10(4)5/h7-11H,6H2,1-5H3,(H2,17,18,19). The van der Waals surface area contributed by atoms with E-state index in [2.05, 4.69) is 0 Å². The Morgan fingerprint density at radius 2 is 1.90 bits per heavy atom. The fourth-order valence-electron chi connectivity index (χ4n) is 2.54. The number of hydrogen-bond donors (Lipinski definition) is 2. The summed E-state index contributed by atoms with van der Waals surface area (Å²) in [4.78, 5) is 32.6. The Kier molecular flexibility index (Phi) is 5.79. The number of ether oxygens (including phenoxy) is 1. The SMILES string of the molecule is CCOC(=O)N1C=CC(P(=O)(O)O)C(C(C)C)=C1C(C)C. The molecule has 0 aromatic rings. The zero-order valence-corrected chi connectivity index (χ0v) is 14.0. The van der Waals surface area contributed by atoms with Gasteiger partial charge in [-0.3, -0.25) is 9.46 Å². The minimum Gasteiger partial charge on any atom is -0.449 e. The second-order valence-electron chi connectivity index (χ2n) is 5.59. The Morgan fingerprint density at radius 1 is 1.33 bits per heavy atom. The Hall–Kier alpha value is -1.10. The molecule has 6 nitrogen and oxygen atoms in total. The lowest BCUT2D eigenvalue weighted by Crippen LogP contribution is -2.35. The van der Waals surface area contributed by atoms with Gasteiger partial charge >= 0.3 is 13.7 Å². The minimum atomic E-state index is -4.32. The second-order valence-corrected chi connectivity index (χ2v) is 7.33. The average molecular weight is 317 g/mol. The van der Waals surface area contributed by atoms with E-state index in [9.17, 15) is 19.1 Å². The van der Waals surface area contributed by atoms with Crippen LogP contribution in [0.4, 0.5) is 4.79 Å². The van der Waals surface area contributed by atoms with Crippen LogP contribution in [0.5, 0.6) is 0 Å². The summed E-state index contributed by atoms with van der Waals surface area (Å²) in [5, 5.41) is 0. The maximum Gasteiger partial charge on any atom is 0.418 e. The van der Waals surface area contributed by atoms with Crippen LogP contribution >= 0.6 is 7.60 Å². The van der Waals surface area contributed by atoms with E-state index in [0.717, 1.165) is 0 Å². The summed E-state index contributed by atoms with van der Waals surface area (Å²) in [6.45, 7) is 9.46. The first-order chi connectivity index (χ1) is 9.61. The molecule has 0 radical (unpaired) electrons. The predicted molar refractivity (Wildman–Crippen MR) is 80.5 cm³/mol. The maximum atomic E-state index is 12.1. The van der Waals surface area contributed by atoms with E-state index in [1.807, 2.05) is 27.7 Å². The fraction of sp³-hybridized carbons (Fsp3) is 0.643. The molecule has 120 valence electrons. The van der Waals surface area contributed by atoms with Crippen molar-refractivity contribution in [3.63, 3.8) is 0 Å². The number of amides is 1. The largest absolute Gasteiger partial charge is 0.449 e. The molecule has 7 heteroatoms. The summed E-state index contributed by atoms with van der Waals surface area (Å²) < 4.78 is 16.8. The van der Waals surface area contributed by atoms with Crippen molar-refractivity contribution in [1.82, 2.24) is 4.90 Å². The molecular weight excluding hydrogens is 293 g/mol. The average Bonchev–Trinajstić information content (AvgIpc) is 2.35. The van der Waals surface area contributed by atoms with Crippen molar-refractivity contribution in [1.29, 1.82) is 0 Å². The van der Waals surface area contributed by atoms with Gasteiger partial charge in [0.1, 0.15) is 5.66 Å². The molecule has 0 saturated heterocycles. The van der Waals surface area contributed by atoms with Crippen LogP contribution in [0.3, 0.4) is 0 Å². The number of rotatable bonds is 4. The zero-order chi connectivity index (χ0) is 16.4. The Labute approximate surface area is 125 Å². The molecule has 1 heterocycles. The van der Waals surface area contributed by atoms with E-state index in [1.54, 1.807) is 6.92 Å². The molecule has 1 aliphatic heterocycles. The van der Waals surface area contributed by atoms with E-state index in [4.69, 9.17) is 4.74 Å². The molecule has 1 rings (SSSR count). The van der Waals surface area contributed by atoms with Crippen molar-refractivity contribution < 1.29 is 23.9 Å². The molecular formula is C14H24NO5P. The lowest BCUT2D eigenvalue weighted by molar-refractivity contribution is 0.126. The maximum absolute atomic E-state index is 12.1. The van der Waals surface area contributed by atoms with Crippen molar-refractivity contribution in [3.8, 4) is 0 Å². The second kappa shape index (κ2) is 6.77. The zero-order valence-electron chi connectivity index (χ0n) is 13.1. The molecule has 1 aliphatic rings. The summed E-state index contributed by atoms with van der Waals surface area (Å²) >= 11 is 0. The third-order valence-electron chi connectivity index (χ3n) is 3.29. The van der Waals surface area contributed by atoms with E-state index in [-0.39, 0.29) is 18.4 Å². The fourth-order valence-corrected chi connectivity index (χ4v) is 3.63. The van der Waals surface area contributed by atoms with Crippen LogP contribution in [0.2, 0.25) is 0 Å². The van der Waals surface area contributed by atoms with Gasteiger partial charge in [0.2, 0.25) is 0 Å². The molecule has 21 heavy (non-hydrogen) atoms. The van der Waals surface area contributed by atoms with Gasteiger partial charge in [0.05, 0.1) is 6.61 Å². The number of nitrogens with zero attached hydrogens (tertiary/aromatic N) is 1. The van der Waals surface area contributed by atoms with Gasteiger partial charge in [-0.05, 0) is 30.4 Å². The lowest BCUT2D eigenvalue weighted by Gasteiger charge is -2.35. The smallest absolute Gasteiger partial charge is 0.418 e. The van der Waals surface area contributed by atoms with Crippen molar-refractivity contribution in [2.24, 2.45) is 11.8 Å². The molecule has 0 fully saturated rings. The van der Waals surface area contributed by atoms with Crippen LogP contribution in [0.25, 0.3) is 0 Å². The molecule has 2 N–H and O–H groups in total. The summed E-state index contributed by atoms with van der Waals surface area (Å²) in [5.74, 6) is -0.160. The third kappa shape index (κ3) is 3.96. The first kappa shape index (κ1) is 18.0. The van der Waals surface area contributed by atoms with Crippen LogP contribution in [-0.2, 0) is 9.30 Å². The number of hydrogen-bond acceptors (Lipinski definition) is 3. The normalized spacial score (nSPS) is 19.7. The van der Waals surface area contributed by atoms with E-state index in [1.165, 1.54) is 17.2 Å². The van der Waals surface area contributed by atoms with Crippen LogP contribution in [0.1, 0.15) is 34.6 Å². The third-order valence-corrected chi connectivity index (χ3v) is 4.46. The molecule has 0 saturated carbocycles. The van der Waals surface area contributed by atoms with Gasteiger partial charge in [-0.25, -0.2) is 4.79 Å². The molecule has 0 aliphatic carbocycles. The number of carbonyl (C=O) groups is 1. The minimum absolute atomic E-state index is 0.0641. The van der Waals surface area contributed by atoms with E-state index < -0.39 is 19.3 Å². The molecule has 0 bridgehead atoms. The highest BCUT2D eigenvalue weighted by atomic mass is 31.2. The van der Waals surface area contributed by atoms with Crippen molar-refractivity contribution >= 4 is 13.7 Å². The van der Waals surface area contributed by atoms with E-state index in [0.29, 0.717) is 11.3 Å². The van der Waals surface area contributed by atoms with Crippen molar-refractivity contribution in [2.45, 2.75) is 40.3 Å². The van der Waals surface area contributed by atoms with Crippen LogP contribution in [-0.4, -0.2) is 33.0 Å². The lowest BCUT2D eigenvalue weighted by atomic mass is 9.90.